The van der Waals surface area contributed by atoms with Gasteiger partial charge in [-0.2, -0.15) is 0 Å². The molecular weight excluding hydrogens is 350 g/mol. The van der Waals surface area contributed by atoms with Gasteiger partial charge in [-0.05, 0) is 17.7 Å². The van der Waals surface area contributed by atoms with E-state index in [0.717, 1.165) is 53.2 Å². The molecule has 140 valence electrons. The molecule has 0 aliphatic carbocycles. The molecule has 0 radical (unpaired) electrons. The molecule has 5 heteroatoms. The highest BCUT2D eigenvalue weighted by Crippen LogP contribution is 2.35. The van der Waals surface area contributed by atoms with Crippen LogP contribution in [0, 0.1) is 0 Å². The lowest BCUT2D eigenvalue weighted by molar-refractivity contribution is 0.122. The summed E-state index contributed by atoms with van der Waals surface area (Å²) in [4.78, 5) is 11.8. The predicted octanol–water partition coefficient (Wildman–Crippen LogP) is 4.32. The quantitative estimate of drug-likeness (QED) is 0.535. The molecule has 1 aliphatic rings. The molecule has 0 N–H and O–H groups in total. The molecule has 1 fully saturated rings. The van der Waals surface area contributed by atoms with Crippen LogP contribution in [0.1, 0.15) is 11.3 Å². The molecule has 0 amide bonds. The molecule has 4 aromatic rings. The number of benzene rings is 2. The van der Waals surface area contributed by atoms with Crippen molar-refractivity contribution in [3.05, 3.63) is 78.3 Å². The lowest BCUT2D eigenvalue weighted by atomic mass is 10.0. The number of rotatable bonds is 4. The van der Waals surface area contributed by atoms with Crippen LogP contribution in [0.2, 0.25) is 0 Å². The maximum Gasteiger partial charge on any atom is 0.181 e. The van der Waals surface area contributed by atoms with Gasteiger partial charge < -0.3 is 14.1 Å². The van der Waals surface area contributed by atoms with Crippen molar-refractivity contribution in [1.82, 2.24) is 9.97 Å². The molecule has 5 nitrogen and oxygen atoms in total. The Morgan fingerprint density at radius 2 is 1.71 bits per heavy atom. The van der Waals surface area contributed by atoms with Gasteiger partial charge in [0, 0.05) is 24.9 Å². The van der Waals surface area contributed by atoms with Crippen LogP contribution in [0.25, 0.3) is 22.2 Å². The summed E-state index contributed by atoms with van der Waals surface area (Å²) in [6, 6.07) is 20.7. The summed E-state index contributed by atoms with van der Waals surface area (Å²) in [6.45, 7) is 3.06. The normalized spacial score (nSPS) is 14.5. The molecule has 1 aliphatic heterocycles. The first-order chi connectivity index (χ1) is 13.9. The summed E-state index contributed by atoms with van der Waals surface area (Å²) in [5, 5.41) is 1.09. The second-order valence-electron chi connectivity index (χ2n) is 6.94. The SMILES string of the molecule is c1ccc(Cc2ncoc2-c2cc3ccccc3nc2N2CCOCC2)cc1. The highest BCUT2D eigenvalue weighted by molar-refractivity contribution is 5.89. The fourth-order valence-electron chi connectivity index (χ4n) is 3.69. The van der Waals surface area contributed by atoms with Crippen molar-refractivity contribution in [2.75, 3.05) is 31.2 Å². The predicted molar refractivity (Wildman–Crippen MR) is 110 cm³/mol. The first-order valence-electron chi connectivity index (χ1n) is 9.57. The molecule has 0 atom stereocenters. The van der Waals surface area contributed by atoms with Crippen molar-refractivity contribution in [1.29, 1.82) is 0 Å². The minimum Gasteiger partial charge on any atom is -0.443 e. The Morgan fingerprint density at radius 1 is 0.929 bits per heavy atom. The van der Waals surface area contributed by atoms with Gasteiger partial charge in [-0.1, -0.05) is 48.5 Å². The van der Waals surface area contributed by atoms with E-state index < -0.39 is 0 Å². The Kier molecular flexibility index (Phi) is 4.51. The van der Waals surface area contributed by atoms with E-state index >= 15 is 0 Å². The van der Waals surface area contributed by atoms with Crippen LogP contribution in [-0.4, -0.2) is 36.3 Å². The second-order valence-corrected chi connectivity index (χ2v) is 6.94. The van der Waals surface area contributed by atoms with Crippen molar-refractivity contribution in [3.8, 4) is 11.3 Å². The van der Waals surface area contributed by atoms with Crippen LogP contribution in [0.4, 0.5) is 5.82 Å². The average Bonchev–Trinajstić information content (AvgIpc) is 3.22. The van der Waals surface area contributed by atoms with E-state index in [1.54, 1.807) is 0 Å². The number of hydrogen-bond donors (Lipinski definition) is 0. The van der Waals surface area contributed by atoms with Crippen LogP contribution in [0.15, 0.2) is 71.5 Å². The number of anilines is 1. The summed E-state index contributed by atoms with van der Waals surface area (Å²) < 4.78 is 11.4. The van der Waals surface area contributed by atoms with Crippen molar-refractivity contribution in [2.24, 2.45) is 0 Å². The number of fused-ring (bicyclic) bond motifs is 1. The first kappa shape index (κ1) is 17.0. The molecule has 3 heterocycles. The van der Waals surface area contributed by atoms with Gasteiger partial charge in [0.05, 0.1) is 30.0 Å². The van der Waals surface area contributed by atoms with Crippen molar-refractivity contribution < 1.29 is 9.15 Å². The molecule has 5 rings (SSSR count). The Labute approximate surface area is 163 Å². The molecule has 0 spiro atoms. The standard InChI is InChI=1S/C23H21N3O2/c1-2-6-17(7-3-1)14-21-22(28-16-24-21)19-15-18-8-4-5-9-20(18)25-23(19)26-10-12-27-13-11-26/h1-9,15-16H,10-14H2. The van der Waals surface area contributed by atoms with Gasteiger partial charge >= 0.3 is 0 Å². The Bertz CT molecular complexity index is 1090. The third kappa shape index (κ3) is 3.25. The lowest BCUT2D eigenvalue weighted by Gasteiger charge is -2.29. The Morgan fingerprint density at radius 3 is 2.57 bits per heavy atom. The minimum atomic E-state index is 0.710. The second kappa shape index (κ2) is 7.44. The monoisotopic (exact) mass is 371 g/mol. The van der Waals surface area contributed by atoms with E-state index in [2.05, 4.69) is 34.1 Å². The fourth-order valence-corrected chi connectivity index (χ4v) is 3.69. The lowest BCUT2D eigenvalue weighted by Crippen LogP contribution is -2.37. The zero-order valence-electron chi connectivity index (χ0n) is 15.5. The molecule has 0 bridgehead atoms. The molecular formula is C23H21N3O2. The van der Waals surface area contributed by atoms with Gasteiger partial charge in [0.25, 0.3) is 0 Å². The number of nitrogens with zero attached hydrogens (tertiary/aromatic N) is 3. The number of para-hydroxylation sites is 1. The maximum atomic E-state index is 5.89. The van der Waals surface area contributed by atoms with Gasteiger partial charge in [0.15, 0.2) is 12.2 Å². The number of oxazole rings is 1. The van der Waals surface area contributed by atoms with Gasteiger partial charge in [-0.15, -0.1) is 0 Å². The number of hydrogen-bond acceptors (Lipinski definition) is 5. The zero-order valence-corrected chi connectivity index (χ0v) is 15.5. The number of aromatic nitrogens is 2. The summed E-state index contributed by atoms with van der Waals surface area (Å²) >= 11 is 0. The van der Waals surface area contributed by atoms with Crippen LogP contribution in [0.5, 0.6) is 0 Å². The molecule has 28 heavy (non-hydrogen) atoms. The maximum absolute atomic E-state index is 5.89. The van der Waals surface area contributed by atoms with E-state index in [4.69, 9.17) is 14.1 Å². The largest absolute Gasteiger partial charge is 0.443 e. The van der Waals surface area contributed by atoms with E-state index in [1.807, 2.05) is 36.4 Å². The third-order valence-corrected chi connectivity index (χ3v) is 5.11. The van der Waals surface area contributed by atoms with Crippen LogP contribution < -0.4 is 4.90 Å². The fraction of sp³-hybridized carbons (Fsp3) is 0.217. The third-order valence-electron chi connectivity index (χ3n) is 5.11. The topological polar surface area (TPSA) is 51.4 Å². The van der Waals surface area contributed by atoms with Crippen LogP contribution in [0.3, 0.4) is 0 Å². The van der Waals surface area contributed by atoms with Gasteiger partial charge in [0.2, 0.25) is 0 Å². The highest BCUT2D eigenvalue weighted by Gasteiger charge is 2.22. The number of morpholine rings is 1. The van der Waals surface area contributed by atoms with E-state index in [0.29, 0.717) is 13.2 Å². The zero-order chi connectivity index (χ0) is 18.8. The minimum absolute atomic E-state index is 0.710. The van der Waals surface area contributed by atoms with E-state index in [9.17, 15) is 0 Å². The molecule has 2 aromatic heterocycles. The van der Waals surface area contributed by atoms with Gasteiger partial charge in [-0.3, -0.25) is 0 Å². The summed E-state index contributed by atoms with van der Waals surface area (Å²) in [7, 11) is 0. The van der Waals surface area contributed by atoms with Gasteiger partial charge in [0.1, 0.15) is 5.82 Å². The highest BCUT2D eigenvalue weighted by atomic mass is 16.5. The first-order valence-corrected chi connectivity index (χ1v) is 9.57. The summed E-state index contributed by atoms with van der Waals surface area (Å²) in [5.74, 6) is 1.73. The molecule has 0 saturated carbocycles. The Hall–Kier alpha value is -3.18. The van der Waals surface area contributed by atoms with E-state index in [-0.39, 0.29) is 0 Å². The van der Waals surface area contributed by atoms with Crippen molar-refractivity contribution >= 4 is 16.7 Å². The molecule has 1 saturated heterocycles. The van der Waals surface area contributed by atoms with Crippen LogP contribution >= 0.6 is 0 Å². The van der Waals surface area contributed by atoms with Crippen LogP contribution in [-0.2, 0) is 11.2 Å². The number of ether oxygens (including phenoxy) is 1. The smallest absolute Gasteiger partial charge is 0.181 e. The molecule has 0 unspecified atom stereocenters. The van der Waals surface area contributed by atoms with Crippen molar-refractivity contribution in [3.63, 3.8) is 0 Å². The van der Waals surface area contributed by atoms with E-state index in [1.165, 1.54) is 12.0 Å². The average molecular weight is 371 g/mol. The molecule has 2 aromatic carbocycles. The number of pyridine rings is 1. The summed E-state index contributed by atoms with van der Waals surface area (Å²) in [5.41, 5.74) is 4.11. The summed E-state index contributed by atoms with van der Waals surface area (Å²) in [6.07, 6.45) is 2.26. The van der Waals surface area contributed by atoms with Crippen molar-refractivity contribution in [2.45, 2.75) is 6.42 Å². The Balaban J connectivity index is 1.63. The van der Waals surface area contributed by atoms with Gasteiger partial charge in [-0.25, -0.2) is 9.97 Å².